The third-order valence-corrected chi connectivity index (χ3v) is 7.42. The molecule has 3 rings (SSSR count). The number of halogens is 1. The van der Waals surface area contributed by atoms with Gasteiger partial charge in [-0.05, 0) is 62.1 Å². The lowest BCUT2D eigenvalue weighted by molar-refractivity contribution is 0.0918. The van der Waals surface area contributed by atoms with Gasteiger partial charge in [0.2, 0.25) is 0 Å². The topological polar surface area (TPSA) is 79.6 Å². The van der Waals surface area contributed by atoms with Crippen LogP contribution < -0.4 is 5.32 Å². The fraction of sp³-hybridized carbons (Fsp3) is 0.522. The van der Waals surface area contributed by atoms with Crippen LogP contribution in [0.15, 0.2) is 40.8 Å². The zero-order chi connectivity index (χ0) is 22.3. The number of carbonyl (C=O) groups excluding carboxylic acids is 1. The fourth-order valence-corrected chi connectivity index (χ4v) is 5.58. The van der Waals surface area contributed by atoms with E-state index in [1.54, 1.807) is 30.3 Å². The van der Waals surface area contributed by atoms with E-state index in [-0.39, 0.29) is 28.9 Å². The van der Waals surface area contributed by atoms with Gasteiger partial charge in [-0.1, -0.05) is 37.1 Å². The van der Waals surface area contributed by atoms with Gasteiger partial charge in [0.25, 0.3) is 5.91 Å². The van der Waals surface area contributed by atoms with E-state index < -0.39 is 9.84 Å². The molecule has 0 aliphatic carbocycles. The molecule has 0 spiro atoms. The molecule has 1 aliphatic rings. The molecule has 8 heteroatoms. The third kappa shape index (κ3) is 7.37. The summed E-state index contributed by atoms with van der Waals surface area (Å²) in [6, 6.07) is 10.4. The molecule has 0 saturated carbocycles. The Morgan fingerprint density at radius 1 is 1.16 bits per heavy atom. The summed E-state index contributed by atoms with van der Waals surface area (Å²) in [7, 11) is -3.43. The summed E-state index contributed by atoms with van der Waals surface area (Å²) in [6.07, 6.45) is 5.87. The van der Waals surface area contributed by atoms with Gasteiger partial charge in [0, 0.05) is 24.2 Å². The van der Waals surface area contributed by atoms with Crippen molar-refractivity contribution in [2.75, 3.05) is 19.6 Å². The Hall–Kier alpha value is -1.83. The van der Waals surface area contributed by atoms with E-state index in [2.05, 4.69) is 17.1 Å². The van der Waals surface area contributed by atoms with Crippen LogP contribution in [0.2, 0.25) is 5.02 Å². The molecular weight excluding hydrogens is 436 g/mol. The second-order valence-corrected chi connectivity index (χ2v) is 10.6. The number of sulfone groups is 1. The van der Waals surface area contributed by atoms with E-state index in [1.807, 2.05) is 0 Å². The van der Waals surface area contributed by atoms with E-state index in [9.17, 15) is 13.2 Å². The van der Waals surface area contributed by atoms with Crippen molar-refractivity contribution < 1.29 is 17.6 Å². The van der Waals surface area contributed by atoms with Crippen LogP contribution in [0, 0.1) is 0 Å². The van der Waals surface area contributed by atoms with Crippen molar-refractivity contribution in [3.63, 3.8) is 0 Å². The second-order valence-electron chi connectivity index (χ2n) is 8.13. The zero-order valence-electron chi connectivity index (χ0n) is 18.0. The molecule has 6 nitrogen and oxygen atoms in total. The first kappa shape index (κ1) is 23.8. The van der Waals surface area contributed by atoms with Crippen LogP contribution in [0.5, 0.6) is 0 Å². The minimum absolute atomic E-state index is 0.109. The van der Waals surface area contributed by atoms with Gasteiger partial charge < -0.3 is 14.6 Å². The van der Waals surface area contributed by atoms with Crippen molar-refractivity contribution in [2.24, 2.45) is 0 Å². The van der Waals surface area contributed by atoms with E-state index in [4.69, 9.17) is 16.0 Å². The number of hydrogen-bond donors (Lipinski definition) is 1. The van der Waals surface area contributed by atoms with Gasteiger partial charge in [0.15, 0.2) is 15.6 Å². The molecule has 1 saturated heterocycles. The Balaban J connectivity index is 1.45. The Kier molecular flexibility index (Phi) is 8.58. The number of benzene rings is 1. The van der Waals surface area contributed by atoms with Gasteiger partial charge in [-0.25, -0.2) is 8.42 Å². The molecule has 31 heavy (non-hydrogen) atoms. The highest BCUT2D eigenvalue weighted by Crippen LogP contribution is 2.19. The molecule has 1 aromatic heterocycles. The quantitative estimate of drug-likeness (QED) is 0.524. The van der Waals surface area contributed by atoms with Gasteiger partial charge in [-0.2, -0.15) is 0 Å². The van der Waals surface area contributed by atoms with Crippen molar-refractivity contribution in [1.82, 2.24) is 10.2 Å². The maximum atomic E-state index is 12.4. The smallest absolute Gasteiger partial charge is 0.286 e. The maximum Gasteiger partial charge on any atom is 0.286 e. The van der Waals surface area contributed by atoms with Gasteiger partial charge in [0.05, 0.1) is 5.75 Å². The summed E-state index contributed by atoms with van der Waals surface area (Å²) >= 11 is 5.84. The summed E-state index contributed by atoms with van der Waals surface area (Å²) in [6.45, 7) is 4.91. The fourth-order valence-electron chi connectivity index (χ4n) is 4.07. The van der Waals surface area contributed by atoms with E-state index in [1.165, 1.54) is 31.7 Å². The molecule has 1 amide bonds. The summed E-state index contributed by atoms with van der Waals surface area (Å²) in [5, 5.41) is 3.43. The highest BCUT2D eigenvalue weighted by atomic mass is 35.5. The number of likely N-dealkylation sites (tertiary alicyclic amines) is 1. The number of carbonyl (C=O) groups is 1. The number of hydrogen-bond acceptors (Lipinski definition) is 5. The Morgan fingerprint density at radius 2 is 1.94 bits per heavy atom. The van der Waals surface area contributed by atoms with Crippen molar-refractivity contribution >= 4 is 27.3 Å². The van der Waals surface area contributed by atoms with Crippen LogP contribution in [0.4, 0.5) is 0 Å². The largest absolute Gasteiger partial charge is 0.455 e. The number of piperidine rings is 1. The summed E-state index contributed by atoms with van der Waals surface area (Å²) in [5.74, 6) is -0.274. The minimum atomic E-state index is -3.43. The lowest BCUT2D eigenvalue weighted by atomic mass is 10.00. The predicted octanol–water partition coefficient (Wildman–Crippen LogP) is 4.43. The summed E-state index contributed by atoms with van der Waals surface area (Å²) in [4.78, 5) is 14.9. The molecule has 1 atom stereocenters. The molecule has 0 unspecified atom stereocenters. The van der Waals surface area contributed by atoms with Crippen molar-refractivity contribution in [3.05, 3.63) is 58.5 Å². The Morgan fingerprint density at radius 3 is 2.68 bits per heavy atom. The molecule has 170 valence electrons. The number of furan rings is 1. The third-order valence-electron chi connectivity index (χ3n) is 5.68. The van der Waals surface area contributed by atoms with Crippen LogP contribution in [-0.2, 0) is 21.3 Å². The van der Waals surface area contributed by atoms with Gasteiger partial charge in [-0.15, -0.1) is 0 Å². The summed E-state index contributed by atoms with van der Waals surface area (Å²) in [5.41, 5.74) is 0.660. The maximum absolute atomic E-state index is 12.4. The Bertz CT molecular complexity index is 956. The first-order valence-electron chi connectivity index (χ1n) is 10.9. The first-order valence-corrected chi connectivity index (χ1v) is 13.1. The molecule has 2 aromatic rings. The molecule has 2 heterocycles. The highest BCUT2D eigenvalue weighted by molar-refractivity contribution is 7.89. The molecule has 1 aliphatic heterocycles. The average Bonchev–Trinajstić information content (AvgIpc) is 3.20. The predicted molar refractivity (Wildman–Crippen MR) is 123 cm³/mol. The van der Waals surface area contributed by atoms with Crippen molar-refractivity contribution in [3.8, 4) is 0 Å². The van der Waals surface area contributed by atoms with Gasteiger partial charge in [-0.3, -0.25) is 4.79 Å². The van der Waals surface area contributed by atoms with Gasteiger partial charge in [0.1, 0.15) is 11.5 Å². The number of nitrogens with zero attached hydrogens (tertiary/aromatic N) is 1. The van der Waals surface area contributed by atoms with Gasteiger partial charge >= 0.3 is 0 Å². The highest BCUT2D eigenvalue weighted by Gasteiger charge is 2.21. The van der Waals surface area contributed by atoms with E-state index in [0.29, 0.717) is 23.2 Å². The molecule has 1 aromatic carbocycles. The first-order chi connectivity index (χ1) is 14.9. The van der Waals surface area contributed by atoms with Crippen LogP contribution in [0.1, 0.15) is 60.9 Å². The monoisotopic (exact) mass is 466 g/mol. The Labute approximate surface area is 189 Å². The molecule has 0 bridgehead atoms. The zero-order valence-corrected chi connectivity index (χ0v) is 19.6. The van der Waals surface area contributed by atoms with Crippen LogP contribution in [-0.4, -0.2) is 44.9 Å². The van der Waals surface area contributed by atoms with Crippen molar-refractivity contribution in [1.29, 1.82) is 0 Å². The van der Waals surface area contributed by atoms with Crippen LogP contribution in [0.3, 0.4) is 0 Å². The second kappa shape index (κ2) is 11.2. The minimum Gasteiger partial charge on any atom is -0.455 e. The van der Waals surface area contributed by atoms with Crippen LogP contribution in [0.25, 0.3) is 0 Å². The van der Waals surface area contributed by atoms with Crippen LogP contribution >= 0.6 is 11.6 Å². The lowest BCUT2D eigenvalue weighted by Crippen LogP contribution is -2.40. The molecular formula is C23H31ClN2O4S. The average molecular weight is 467 g/mol. The molecule has 1 fully saturated rings. The molecule has 1 N–H and O–H groups in total. The standard InChI is InChI=1S/C23H31ClN2O4S/c1-2-20-6-3-4-14-26(20)15-5-13-25-23(27)22-12-11-21(30-22)17-31(28,29)16-18-7-9-19(24)10-8-18/h7-12,20H,2-6,13-17H2,1H3,(H,25,27)/t20-/m0/s1. The SMILES string of the molecule is CC[C@H]1CCCCN1CCCNC(=O)c1ccc(CS(=O)(=O)Cc2ccc(Cl)cc2)o1. The summed E-state index contributed by atoms with van der Waals surface area (Å²) < 4.78 is 30.4. The normalized spacial score (nSPS) is 17.5. The number of nitrogens with one attached hydrogen (secondary N) is 1. The number of rotatable bonds is 10. The van der Waals surface area contributed by atoms with E-state index in [0.717, 1.165) is 19.5 Å². The molecule has 0 radical (unpaired) electrons. The van der Waals surface area contributed by atoms with Crippen molar-refractivity contribution in [2.45, 2.75) is 56.6 Å². The van der Waals surface area contributed by atoms with E-state index >= 15 is 0 Å². The number of amides is 1. The lowest BCUT2D eigenvalue weighted by Gasteiger charge is -2.35.